The number of anilines is 6. The van der Waals surface area contributed by atoms with E-state index in [1.165, 1.54) is 141 Å². The van der Waals surface area contributed by atoms with Crippen molar-refractivity contribution in [2.24, 2.45) is 10.8 Å². The molecule has 85 heavy (non-hydrogen) atoms. The minimum atomic E-state index is -0.509. The van der Waals surface area contributed by atoms with Gasteiger partial charge in [-0.25, -0.2) is 0 Å². The first-order chi connectivity index (χ1) is 41.5. The fourth-order valence-electron chi connectivity index (χ4n) is 17.4. The van der Waals surface area contributed by atoms with E-state index in [-0.39, 0.29) is 10.8 Å². The smallest absolute Gasteiger partial charge is 0.159 e. The number of nitrogens with zero attached hydrogens (tertiary/aromatic N) is 2. The molecule has 0 N–H and O–H groups in total. The molecule has 0 atom stereocenters. The monoisotopic (exact) mass is 1110 g/mol. The van der Waals surface area contributed by atoms with Crippen LogP contribution in [0.25, 0.3) is 87.3 Å². The Morgan fingerprint density at radius 1 is 0.329 bits per heavy atom. The quantitative estimate of drug-likeness (QED) is 0.142. The van der Waals surface area contributed by atoms with Crippen LogP contribution in [0.1, 0.15) is 140 Å². The van der Waals surface area contributed by atoms with Gasteiger partial charge < -0.3 is 18.6 Å². The maximum absolute atomic E-state index is 7.39. The highest BCUT2D eigenvalue weighted by molar-refractivity contribution is 6.24. The van der Waals surface area contributed by atoms with Gasteiger partial charge in [0.1, 0.15) is 11.2 Å². The van der Waals surface area contributed by atoms with E-state index in [2.05, 4.69) is 258 Å². The number of fused-ring (bicyclic) bond motifs is 16. The lowest BCUT2D eigenvalue weighted by Gasteiger charge is -2.53. The molecule has 0 radical (unpaired) electrons. The van der Waals surface area contributed by atoms with Crippen LogP contribution >= 0.6 is 0 Å². The Kier molecular flexibility index (Phi) is 12.1. The molecule has 3 aliphatic carbocycles. The van der Waals surface area contributed by atoms with Crippen LogP contribution < -0.4 is 9.80 Å². The van der Waals surface area contributed by atoms with Crippen molar-refractivity contribution in [3.63, 3.8) is 0 Å². The fourth-order valence-corrected chi connectivity index (χ4v) is 17.4. The van der Waals surface area contributed by atoms with Crippen molar-refractivity contribution in [2.75, 3.05) is 9.80 Å². The summed E-state index contributed by atoms with van der Waals surface area (Å²) < 4.78 is 14.7. The van der Waals surface area contributed by atoms with Crippen LogP contribution in [0.3, 0.4) is 0 Å². The molecule has 0 unspecified atom stereocenters. The van der Waals surface area contributed by atoms with Gasteiger partial charge in [0, 0.05) is 49.4 Å². The molecule has 0 saturated heterocycles. The van der Waals surface area contributed by atoms with Crippen LogP contribution in [0.4, 0.5) is 34.1 Å². The summed E-state index contributed by atoms with van der Waals surface area (Å²) in [4.78, 5) is 4.96. The summed E-state index contributed by atoms with van der Waals surface area (Å²) in [5.41, 5.74) is 17.5. The molecule has 0 amide bonds. The maximum Gasteiger partial charge on any atom is 0.159 e. The van der Waals surface area contributed by atoms with Gasteiger partial charge in [0.2, 0.25) is 0 Å². The van der Waals surface area contributed by atoms with E-state index in [9.17, 15) is 0 Å². The van der Waals surface area contributed by atoms with Gasteiger partial charge in [0.15, 0.2) is 11.2 Å². The molecule has 11 aromatic carbocycles. The van der Waals surface area contributed by atoms with Crippen molar-refractivity contribution in [3.05, 3.63) is 229 Å². The molecule has 4 heteroatoms. The van der Waals surface area contributed by atoms with Gasteiger partial charge in [-0.3, -0.25) is 0 Å². The van der Waals surface area contributed by atoms with Crippen molar-refractivity contribution < 1.29 is 8.83 Å². The number of rotatable bonds is 8. The van der Waals surface area contributed by atoms with Gasteiger partial charge >= 0.3 is 0 Å². The second-order valence-electron chi connectivity index (χ2n) is 27.1. The van der Waals surface area contributed by atoms with E-state index in [1.807, 2.05) is 0 Å². The fraction of sp³-hybridized carbons (Fsp3) is 0.259. The molecule has 4 nitrogen and oxygen atoms in total. The largest absolute Gasteiger partial charge is 0.454 e. The Bertz CT molecular complexity index is 4750. The van der Waals surface area contributed by atoms with Gasteiger partial charge in [-0.2, -0.15) is 0 Å². The Balaban J connectivity index is 0.956. The summed E-state index contributed by atoms with van der Waals surface area (Å²) in [5, 5.41) is 12.2. The van der Waals surface area contributed by atoms with E-state index in [1.54, 1.807) is 0 Å². The molecule has 2 fully saturated rings. The zero-order chi connectivity index (χ0) is 57.3. The number of hydrogen-bond acceptors (Lipinski definition) is 4. The summed E-state index contributed by atoms with van der Waals surface area (Å²) in [6, 6.07) is 77.7. The molecule has 0 spiro atoms. The molecule has 2 saturated carbocycles. The minimum Gasteiger partial charge on any atom is -0.454 e. The third-order valence-electron chi connectivity index (χ3n) is 20.5. The summed E-state index contributed by atoms with van der Waals surface area (Å²) in [7, 11) is 0. The number of para-hydroxylation sites is 6. The Hall–Kier alpha value is -8.60. The maximum atomic E-state index is 7.39. The summed E-state index contributed by atoms with van der Waals surface area (Å²) in [6.07, 6.45) is 12.6. The van der Waals surface area contributed by atoms with Gasteiger partial charge in [0.25, 0.3) is 0 Å². The van der Waals surface area contributed by atoms with Gasteiger partial charge in [-0.1, -0.05) is 232 Å². The second-order valence-corrected chi connectivity index (χ2v) is 27.1. The van der Waals surface area contributed by atoms with E-state index in [4.69, 9.17) is 8.83 Å². The van der Waals surface area contributed by atoms with Crippen LogP contribution in [-0.4, -0.2) is 0 Å². The number of benzene rings is 11. The van der Waals surface area contributed by atoms with Crippen LogP contribution in [0, 0.1) is 10.8 Å². The molecular formula is C81H74N2O2. The zero-order valence-electron chi connectivity index (χ0n) is 50.1. The van der Waals surface area contributed by atoms with Gasteiger partial charge in [0.05, 0.1) is 17.1 Å². The molecule has 0 aliphatic heterocycles. The van der Waals surface area contributed by atoms with Crippen molar-refractivity contribution in [1.29, 1.82) is 0 Å². The van der Waals surface area contributed by atoms with Crippen LogP contribution in [0.15, 0.2) is 215 Å². The normalized spacial score (nSPS) is 15.9. The SMILES string of the molecule is CC(C)(C)C1(C(C)(C)C)c2cc(N(c3ccccc3)c3cccc4c3oc3c(C5CCCCC5)cccc34)c3ccccc3c2-c2c1c1ccc(N(c3ccccc3)c3cccc4c3oc3c(C5CCCCC5)cccc34)cc1c1ccccc21. The zero-order valence-corrected chi connectivity index (χ0v) is 50.1. The van der Waals surface area contributed by atoms with E-state index in [0.717, 1.165) is 67.2 Å². The molecule has 13 aromatic rings. The van der Waals surface area contributed by atoms with E-state index >= 15 is 0 Å². The molecule has 16 rings (SSSR count). The van der Waals surface area contributed by atoms with Crippen molar-refractivity contribution in [1.82, 2.24) is 0 Å². The van der Waals surface area contributed by atoms with Gasteiger partial charge in [-0.15, -0.1) is 0 Å². The van der Waals surface area contributed by atoms with Crippen LogP contribution in [0.2, 0.25) is 0 Å². The Morgan fingerprint density at radius 3 is 1.29 bits per heavy atom. The predicted molar refractivity (Wildman–Crippen MR) is 360 cm³/mol. The lowest BCUT2D eigenvalue weighted by molar-refractivity contribution is 0.0965. The summed E-state index contributed by atoms with van der Waals surface area (Å²) in [6.45, 7) is 15.0. The molecule has 0 bridgehead atoms. The Morgan fingerprint density at radius 2 is 0.765 bits per heavy atom. The summed E-state index contributed by atoms with van der Waals surface area (Å²) >= 11 is 0. The lowest BCUT2D eigenvalue weighted by Crippen LogP contribution is -2.50. The Labute approximate surface area is 499 Å². The average Bonchev–Trinajstić information content (AvgIpc) is 1.69. The number of hydrogen-bond donors (Lipinski definition) is 0. The standard InChI is InChI=1S/C81H74N2O2/c1-79(2,3)81(80(4,5)6)68-50-71(83(54-33-17-10-18-34-54)70-46-26-44-66-64-42-24-40-57(76(64)85-78(66)70)52-29-13-8-14-30-52)59-36-20-22-38-61(59)72(68)73-60-37-21-19-35-58(60)67-49-55(47-48-62(67)74(73)81)82(53-31-15-9-16-32-53)69-45-25-43-65-63-41-23-39-56(75(63)84-77(65)69)51-27-11-7-12-28-51/h9-10,15-26,31-52H,7-8,11-14,27-30H2,1-6H3. The van der Waals surface area contributed by atoms with Crippen LogP contribution in [0.5, 0.6) is 0 Å². The van der Waals surface area contributed by atoms with E-state index in [0.29, 0.717) is 11.8 Å². The average molecular weight is 1110 g/mol. The highest BCUT2D eigenvalue weighted by Crippen LogP contribution is 2.69. The molecule has 420 valence electrons. The first-order valence-corrected chi connectivity index (χ1v) is 31.6. The van der Waals surface area contributed by atoms with Gasteiger partial charge in [-0.05, 0) is 163 Å². The molecule has 2 heterocycles. The van der Waals surface area contributed by atoms with E-state index < -0.39 is 5.41 Å². The van der Waals surface area contributed by atoms with Crippen LogP contribution in [-0.2, 0) is 5.41 Å². The van der Waals surface area contributed by atoms with Crippen molar-refractivity contribution >= 4 is 110 Å². The van der Waals surface area contributed by atoms with Crippen molar-refractivity contribution in [2.45, 2.75) is 123 Å². The first kappa shape index (κ1) is 52.0. The third kappa shape index (κ3) is 7.79. The number of furan rings is 2. The molecule has 3 aliphatic rings. The third-order valence-corrected chi connectivity index (χ3v) is 20.5. The summed E-state index contributed by atoms with van der Waals surface area (Å²) in [5.74, 6) is 1.03. The molecule has 2 aromatic heterocycles. The highest BCUT2D eigenvalue weighted by Gasteiger charge is 2.59. The first-order valence-electron chi connectivity index (χ1n) is 31.6. The topological polar surface area (TPSA) is 32.8 Å². The molecular weight excluding hydrogens is 1030 g/mol. The predicted octanol–water partition coefficient (Wildman–Crippen LogP) is 24.3. The second kappa shape index (κ2) is 19.7. The lowest BCUT2D eigenvalue weighted by atomic mass is 9.49. The highest BCUT2D eigenvalue weighted by atomic mass is 16.3. The minimum absolute atomic E-state index is 0.283. The van der Waals surface area contributed by atoms with Crippen molar-refractivity contribution in [3.8, 4) is 11.1 Å².